The number of halogens is 1. The summed E-state index contributed by atoms with van der Waals surface area (Å²) in [5.74, 6) is -0.899. The molecule has 1 aromatic carbocycles. The number of nitrogens with one attached hydrogen (secondary N) is 1. The average molecular weight is 393 g/mol. The molecule has 118 valence electrons. The van der Waals surface area contributed by atoms with Crippen molar-refractivity contribution in [2.24, 2.45) is 7.05 Å². The summed E-state index contributed by atoms with van der Waals surface area (Å²) < 4.78 is 2.81. The van der Waals surface area contributed by atoms with E-state index >= 15 is 0 Å². The molecule has 2 heterocycles. The van der Waals surface area contributed by atoms with Crippen LogP contribution in [0.2, 0.25) is 0 Å². The molecule has 2 aromatic heterocycles. The predicted octanol–water partition coefficient (Wildman–Crippen LogP) is 3.63. The summed E-state index contributed by atoms with van der Waals surface area (Å²) >= 11 is 4.67. The highest BCUT2D eigenvalue weighted by Gasteiger charge is 2.22. The summed E-state index contributed by atoms with van der Waals surface area (Å²) in [4.78, 5) is 24.9. The number of aromatic nitrogens is 1. The van der Waals surface area contributed by atoms with E-state index in [0.717, 1.165) is 10.0 Å². The van der Waals surface area contributed by atoms with Gasteiger partial charge in [0.25, 0.3) is 11.5 Å². The summed E-state index contributed by atoms with van der Waals surface area (Å²) in [6.07, 6.45) is 0. The number of thiophene rings is 1. The number of hydrogen-bond acceptors (Lipinski definition) is 4. The molecular weight excluding hydrogens is 380 g/mol. The van der Waals surface area contributed by atoms with Gasteiger partial charge < -0.3 is 15.0 Å². The summed E-state index contributed by atoms with van der Waals surface area (Å²) in [6.45, 7) is 1.90. The molecule has 3 rings (SSSR count). The van der Waals surface area contributed by atoms with Crippen molar-refractivity contribution in [3.63, 3.8) is 0 Å². The van der Waals surface area contributed by atoms with Crippen molar-refractivity contribution in [1.29, 1.82) is 0 Å². The Morgan fingerprint density at radius 1 is 1.35 bits per heavy atom. The number of nitrogens with zero attached hydrogens (tertiary/aromatic N) is 1. The average Bonchev–Trinajstić information content (AvgIpc) is 2.99. The van der Waals surface area contributed by atoms with Crippen LogP contribution >= 0.6 is 27.3 Å². The van der Waals surface area contributed by atoms with Crippen molar-refractivity contribution in [3.8, 4) is 5.75 Å². The van der Waals surface area contributed by atoms with Gasteiger partial charge in [0.15, 0.2) is 5.75 Å². The number of rotatable bonds is 2. The Morgan fingerprint density at radius 2 is 2.09 bits per heavy atom. The minimum absolute atomic E-state index is 0.247. The minimum Gasteiger partial charge on any atom is -0.505 e. The molecule has 0 fully saturated rings. The van der Waals surface area contributed by atoms with E-state index in [1.165, 1.54) is 15.9 Å². The third-order valence-corrected chi connectivity index (χ3v) is 5.42. The fourth-order valence-corrected chi connectivity index (χ4v) is 3.48. The Balaban J connectivity index is 2.07. The molecule has 0 aliphatic rings. The van der Waals surface area contributed by atoms with E-state index in [-0.39, 0.29) is 11.3 Å². The van der Waals surface area contributed by atoms with Gasteiger partial charge >= 0.3 is 0 Å². The number of hydrogen-bond donors (Lipinski definition) is 2. The summed E-state index contributed by atoms with van der Waals surface area (Å²) in [5.41, 5.74) is 1.34. The van der Waals surface area contributed by atoms with Gasteiger partial charge in [0.1, 0.15) is 5.56 Å². The Kier molecular flexibility index (Phi) is 3.99. The monoisotopic (exact) mass is 392 g/mol. The molecule has 0 saturated heterocycles. The Bertz CT molecular complexity index is 991. The lowest BCUT2D eigenvalue weighted by Crippen LogP contribution is -2.27. The van der Waals surface area contributed by atoms with Crippen molar-refractivity contribution in [2.45, 2.75) is 6.92 Å². The standard InChI is InChI=1S/C16H13BrN2O3S/c1-8-7-9(3-4-10(8)17)18-15(21)12-13(20)14-11(5-6-23-14)19(2)16(12)22/h3-7,20H,1-2H3,(H,18,21). The maximum Gasteiger partial charge on any atom is 0.267 e. The highest BCUT2D eigenvalue weighted by atomic mass is 79.9. The van der Waals surface area contributed by atoms with Crippen molar-refractivity contribution < 1.29 is 9.90 Å². The number of fused-ring (bicyclic) bond motifs is 1. The minimum atomic E-state index is -0.625. The quantitative estimate of drug-likeness (QED) is 0.699. The van der Waals surface area contributed by atoms with E-state index < -0.39 is 11.5 Å². The van der Waals surface area contributed by atoms with Crippen LogP contribution in [0.4, 0.5) is 5.69 Å². The van der Waals surface area contributed by atoms with Crippen LogP contribution < -0.4 is 10.9 Å². The zero-order valence-corrected chi connectivity index (χ0v) is 14.8. The molecule has 1 amide bonds. The Hall–Kier alpha value is -2.12. The number of pyridine rings is 1. The van der Waals surface area contributed by atoms with Crippen LogP contribution in [0.3, 0.4) is 0 Å². The fourth-order valence-electron chi connectivity index (χ4n) is 2.36. The van der Waals surface area contributed by atoms with Gasteiger partial charge in [-0.15, -0.1) is 11.3 Å². The van der Waals surface area contributed by atoms with Crippen LogP contribution in [0.1, 0.15) is 15.9 Å². The van der Waals surface area contributed by atoms with E-state index in [0.29, 0.717) is 15.9 Å². The van der Waals surface area contributed by atoms with E-state index in [1.807, 2.05) is 13.0 Å². The molecule has 0 saturated carbocycles. The third kappa shape index (κ3) is 2.66. The van der Waals surface area contributed by atoms with Gasteiger partial charge in [-0.3, -0.25) is 9.59 Å². The van der Waals surface area contributed by atoms with Crippen LogP contribution in [0, 0.1) is 6.92 Å². The topological polar surface area (TPSA) is 71.3 Å². The normalized spacial score (nSPS) is 10.9. The molecule has 5 nitrogen and oxygen atoms in total. The molecule has 0 bridgehead atoms. The molecule has 2 N–H and O–H groups in total. The molecule has 0 aliphatic heterocycles. The molecular formula is C16H13BrN2O3S. The summed E-state index contributed by atoms with van der Waals surface area (Å²) in [7, 11) is 1.58. The van der Waals surface area contributed by atoms with Gasteiger partial charge in [-0.1, -0.05) is 15.9 Å². The number of amides is 1. The molecule has 7 heteroatoms. The van der Waals surface area contributed by atoms with Crippen LogP contribution in [-0.2, 0) is 7.05 Å². The maximum absolute atomic E-state index is 12.5. The lowest BCUT2D eigenvalue weighted by molar-refractivity contribution is 0.102. The number of benzene rings is 1. The third-order valence-electron chi connectivity index (χ3n) is 3.62. The number of carbonyl (C=O) groups excluding carboxylic acids is 1. The SMILES string of the molecule is Cc1cc(NC(=O)c2c(O)c3sccc3n(C)c2=O)ccc1Br. The highest BCUT2D eigenvalue weighted by molar-refractivity contribution is 9.10. The van der Waals surface area contributed by atoms with Crippen molar-refractivity contribution >= 4 is 49.1 Å². The smallest absolute Gasteiger partial charge is 0.267 e. The summed E-state index contributed by atoms with van der Waals surface area (Å²) in [5, 5.41) is 14.8. The Morgan fingerprint density at radius 3 is 2.78 bits per heavy atom. The first kappa shape index (κ1) is 15.8. The number of aryl methyl sites for hydroxylation is 2. The second kappa shape index (κ2) is 5.82. The Labute approximate surface area is 144 Å². The largest absolute Gasteiger partial charge is 0.505 e. The lowest BCUT2D eigenvalue weighted by Gasteiger charge is -2.10. The molecule has 23 heavy (non-hydrogen) atoms. The van der Waals surface area contributed by atoms with Gasteiger partial charge in [-0.05, 0) is 42.1 Å². The fraction of sp³-hybridized carbons (Fsp3) is 0.125. The number of anilines is 1. The molecule has 0 unspecified atom stereocenters. The summed E-state index contributed by atoms with van der Waals surface area (Å²) in [6, 6.07) is 7.06. The van der Waals surface area contributed by atoms with Crippen LogP contribution in [-0.4, -0.2) is 15.6 Å². The van der Waals surface area contributed by atoms with E-state index in [9.17, 15) is 14.7 Å². The molecule has 0 atom stereocenters. The van der Waals surface area contributed by atoms with Crippen LogP contribution in [0.25, 0.3) is 10.2 Å². The van der Waals surface area contributed by atoms with Gasteiger partial charge in [0.2, 0.25) is 0 Å². The lowest BCUT2D eigenvalue weighted by atomic mass is 10.2. The van der Waals surface area contributed by atoms with Crippen molar-refractivity contribution in [2.75, 3.05) is 5.32 Å². The zero-order chi connectivity index (χ0) is 16.7. The van der Waals surface area contributed by atoms with E-state index in [4.69, 9.17) is 0 Å². The maximum atomic E-state index is 12.5. The van der Waals surface area contributed by atoms with Gasteiger partial charge in [0, 0.05) is 17.2 Å². The van der Waals surface area contributed by atoms with Crippen LogP contribution in [0.15, 0.2) is 38.9 Å². The van der Waals surface area contributed by atoms with Gasteiger partial charge in [-0.25, -0.2) is 0 Å². The van der Waals surface area contributed by atoms with E-state index in [2.05, 4.69) is 21.2 Å². The van der Waals surface area contributed by atoms with Crippen LogP contribution in [0.5, 0.6) is 5.75 Å². The first-order chi connectivity index (χ1) is 10.9. The van der Waals surface area contributed by atoms with E-state index in [1.54, 1.807) is 30.6 Å². The zero-order valence-electron chi connectivity index (χ0n) is 12.4. The van der Waals surface area contributed by atoms with Crippen molar-refractivity contribution in [1.82, 2.24) is 4.57 Å². The molecule has 0 radical (unpaired) electrons. The predicted molar refractivity (Wildman–Crippen MR) is 95.6 cm³/mol. The second-order valence-electron chi connectivity index (χ2n) is 5.14. The van der Waals surface area contributed by atoms with Gasteiger partial charge in [0.05, 0.1) is 10.2 Å². The molecule has 3 aromatic rings. The first-order valence-corrected chi connectivity index (χ1v) is 8.44. The van der Waals surface area contributed by atoms with Crippen molar-refractivity contribution in [3.05, 3.63) is 55.6 Å². The number of carbonyl (C=O) groups is 1. The number of aromatic hydroxyl groups is 1. The molecule has 0 aliphatic carbocycles. The highest BCUT2D eigenvalue weighted by Crippen LogP contribution is 2.31. The first-order valence-electron chi connectivity index (χ1n) is 6.77. The molecule has 0 spiro atoms. The van der Waals surface area contributed by atoms with Gasteiger partial charge in [-0.2, -0.15) is 0 Å². The second-order valence-corrected chi connectivity index (χ2v) is 6.91.